The molecule has 1 saturated heterocycles. The quantitative estimate of drug-likeness (QED) is 0.597. The molecule has 1 fully saturated rings. The molecule has 0 amide bonds. The zero-order valence-electron chi connectivity index (χ0n) is 16.3. The van der Waals surface area contributed by atoms with Crippen LogP contribution in [0.2, 0.25) is 0 Å². The average molecular weight is 420 g/mol. The predicted molar refractivity (Wildman–Crippen MR) is 113 cm³/mol. The predicted octanol–water partition coefficient (Wildman–Crippen LogP) is 4.20. The standard InChI is InChI=1S/C24H21NO4S/c26-23-21-12-4-5-13-22(21)24(29-23)14-7-15-25(17-24)30(27,28)20-11-6-10-19(16-20)18-8-2-1-3-9-18/h1-6,8-13,16H,7,14-15,17H2. The number of fused-ring (bicyclic) bond motifs is 2. The molecular weight excluding hydrogens is 398 g/mol. The number of piperidine rings is 1. The molecule has 2 aliphatic rings. The molecule has 1 spiro atoms. The van der Waals surface area contributed by atoms with Crippen LogP contribution < -0.4 is 0 Å². The van der Waals surface area contributed by atoms with Gasteiger partial charge in [-0.1, -0.05) is 60.7 Å². The lowest BCUT2D eigenvalue weighted by atomic mass is 9.86. The second-order valence-electron chi connectivity index (χ2n) is 7.77. The van der Waals surface area contributed by atoms with E-state index in [4.69, 9.17) is 4.74 Å². The van der Waals surface area contributed by atoms with Gasteiger partial charge in [0.05, 0.1) is 17.0 Å². The van der Waals surface area contributed by atoms with Crippen molar-refractivity contribution in [2.75, 3.05) is 13.1 Å². The summed E-state index contributed by atoms with van der Waals surface area (Å²) in [7, 11) is -3.73. The van der Waals surface area contributed by atoms with Gasteiger partial charge in [-0.25, -0.2) is 13.2 Å². The number of esters is 1. The van der Waals surface area contributed by atoms with Crippen molar-refractivity contribution < 1.29 is 17.9 Å². The van der Waals surface area contributed by atoms with Crippen molar-refractivity contribution in [3.63, 3.8) is 0 Å². The zero-order chi connectivity index (χ0) is 20.8. The van der Waals surface area contributed by atoms with Crippen molar-refractivity contribution in [3.05, 3.63) is 90.0 Å². The molecule has 1 atom stereocenters. The van der Waals surface area contributed by atoms with Gasteiger partial charge in [0.15, 0.2) is 5.60 Å². The molecular formula is C24H21NO4S. The third-order valence-electron chi connectivity index (χ3n) is 5.92. The fourth-order valence-electron chi connectivity index (χ4n) is 4.45. The lowest BCUT2D eigenvalue weighted by Gasteiger charge is -2.38. The first-order valence-corrected chi connectivity index (χ1v) is 11.4. The monoisotopic (exact) mass is 419 g/mol. The van der Waals surface area contributed by atoms with Crippen LogP contribution >= 0.6 is 0 Å². The molecule has 152 valence electrons. The van der Waals surface area contributed by atoms with Gasteiger partial charge < -0.3 is 4.74 Å². The van der Waals surface area contributed by atoms with Crippen molar-refractivity contribution in [2.24, 2.45) is 0 Å². The first-order chi connectivity index (χ1) is 14.5. The van der Waals surface area contributed by atoms with Crippen LogP contribution in [0.25, 0.3) is 11.1 Å². The summed E-state index contributed by atoms with van der Waals surface area (Å²) in [6, 6.07) is 24.0. The summed E-state index contributed by atoms with van der Waals surface area (Å²) in [5.41, 5.74) is 2.22. The van der Waals surface area contributed by atoms with E-state index < -0.39 is 15.6 Å². The van der Waals surface area contributed by atoms with E-state index in [2.05, 4.69) is 0 Å². The maximum atomic E-state index is 13.5. The van der Waals surface area contributed by atoms with Crippen LogP contribution in [0.1, 0.15) is 28.8 Å². The van der Waals surface area contributed by atoms with Crippen molar-refractivity contribution in [1.29, 1.82) is 0 Å². The first-order valence-electron chi connectivity index (χ1n) is 9.98. The van der Waals surface area contributed by atoms with Gasteiger partial charge in [-0.05, 0) is 42.2 Å². The third-order valence-corrected chi connectivity index (χ3v) is 7.77. The van der Waals surface area contributed by atoms with Gasteiger partial charge in [-0.3, -0.25) is 0 Å². The topological polar surface area (TPSA) is 63.7 Å². The molecule has 5 rings (SSSR count). The summed E-state index contributed by atoms with van der Waals surface area (Å²) in [4.78, 5) is 12.6. The number of carbonyl (C=O) groups is 1. The zero-order valence-corrected chi connectivity index (χ0v) is 17.1. The molecule has 0 aromatic heterocycles. The summed E-state index contributed by atoms with van der Waals surface area (Å²) in [5, 5.41) is 0. The van der Waals surface area contributed by atoms with E-state index in [1.807, 2.05) is 48.5 Å². The molecule has 2 aliphatic heterocycles. The van der Waals surface area contributed by atoms with Crippen LogP contribution in [0.4, 0.5) is 0 Å². The number of carbonyl (C=O) groups excluding carboxylic acids is 1. The highest BCUT2D eigenvalue weighted by Gasteiger charge is 2.50. The maximum absolute atomic E-state index is 13.5. The van der Waals surface area contributed by atoms with Gasteiger partial charge in [-0.2, -0.15) is 4.31 Å². The molecule has 0 aliphatic carbocycles. The van der Waals surface area contributed by atoms with Crippen LogP contribution in [0.15, 0.2) is 83.8 Å². The fourth-order valence-corrected chi connectivity index (χ4v) is 6.03. The van der Waals surface area contributed by atoms with E-state index in [1.165, 1.54) is 4.31 Å². The van der Waals surface area contributed by atoms with E-state index in [1.54, 1.807) is 30.3 Å². The highest BCUT2D eigenvalue weighted by molar-refractivity contribution is 7.89. The number of hydrogen-bond donors (Lipinski definition) is 0. The molecule has 0 saturated carbocycles. The van der Waals surface area contributed by atoms with Gasteiger partial charge in [0.1, 0.15) is 0 Å². The highest BCUT2D eigenvalue weighted by Crippen LogP contribution is 2.43. The van der Waals surface area contributed by atoms with Crippen LogP contribution in [-0.2, 0) is 20.4 Å². The normalized spacial score (nSPS) is 21.4. The molecule has 0 bridgehead atoms. The van der Waals surface area contributed by atoms with Crippen LogP contribution in [-0.4, -0.2) is 31.8 Å². The van der Waals surface area contributed by atoms with Gasteiger partial charge in [-0.15, -0.1) is 0 Å². The van der Waals surface area contributed by atoms with Crippen LogP contribution in [0.5, 0.6) is 0 Å². The van der Waals surface area contributed by atoms with E-state index in [0.29, 0.717) is 24.9 Å². The Bertz CT molecular complexity index is 1220. The van der Waals surface area contributed by atoms with Gasteiger partial charge in [0, 0.05) is 12.1 Å². The van der Waals surface area contributed by atoms with Crippen molar-refractivity contribution in [2.45, 2.75) is 23.3 Å². The van der Waals surface area contributed by atoms with Crippen molar-refractivity contribution in [3.8, 4) is 11.1 Å². The Kier molecular flexibility index (Phi) is 4.49. The summed E-state index contributed by atoms with van der Waals surface area (Å²) in [5.74, 6) is -0.379. The molecule has 1 unspecified atom stereocenters. The minimum absolute atomic E-state index is 0.133. The molecule has 3 aromatic carbocycles. The summed E-state index contributed by atoms with van der Waals surface area (Å²) in [6.45, 7) is 0.535. The molecule has 2 heterocycles. The number of nitrogens with zero attached hydrogens (tertiary/aromatic N) is 1. The number of hydrogen-bond acceptors (Lipinski definition) is 4. The molecule has 3 aromatic rings. The Labute approximate surface area is 176 Å². The van der Waals surface area contributed by atoms with E-state index in [9.17, 15) is 13.2 Å². The van der Waals surface area contributed by atoms with Crippen LogP contribution in [0, 0.1) is 0 Å². The summed E-state index contributed by atoms with van der Waals surface area (Å²) < 4.78 is 34.2. The Morgan fingerprint density at radius 2 is 1.60 bits per heavy atom. The largest absolute Gasteiger partial charge is 0.449 e. The van der Waals surface area contributed by atoms with Gasteiger partial charge >= 0.3 is 5.97 Å². The first kappa shape index (κ1) is 19.0. The second-order valence-corrected chi connectivity index (χ2v) is 9.70. The van der Waals surface area contributed by atoms with E-state index in [-0.39, 0.29) is 17.4 Å². The van der Waals surface area contributed by atoms with Gasteiger partial charge in [0.2, 0.25) is 10.0 Å². The van der Waals surface area contributed by atoms with Crippen LogP contribution in [0.3, 0.4) is 0 Å². The summed E-state index contributed by atoms with van der Waals surface area (Å²) >= 11 is 0. The Hall–Kier alpha value is -2.96. The summed E-state index contributed by atoms with van der Waals surface area (Å²) in [6.07, 6.45) is 1.24. The maximum Gasteiger partial charge on any atom is 0.339 e. The number of sulfonamides is 1. The fraction of sp³-hybridized carbons (Fsp3) is 0.208. The molecule has 30 heavy (non-hydrogen) atoms. The molecule has 5 nitrogen and oxygen atoms in total. The Morgan fingerprint density at radius 1 is 0.867 bits per heavy atom. The number of ether oxygens (including phenoxy) is 1. The molecule has 0 N–H and O–H groups in total. The minimum Gasteiger partial charge on any atom is -0.449 e. The Morgan fingerprint density at radius 3 is 2.43 bits per heavy atom. The van der Waals surface area contributed by atoms with Crippen molar-refractivity contribution in [1.82, 2.24) is 4.31 Å². The average Bonchev–Trinajstić information content (AvgIpc) is 3.05. The molecule has 6 heteroatoms. The minimum atomic E-state index is -3.73. The van der Waals surface area contributed by atoms with Crippen molar-refractivity contribution >= 4 is 16.0 Å². The molecule has 0 radical (unpaired) electrons. The number of rotatable bonds is 3. The Balaban J connectivity index is 1.50. The van der Waals surface area contributed by atoms with Gasteiger partial charge in [0.25, 0.3) is 0 Å². The van der Waals surface area contributed by atoms with E-state index in [0.717, 1.165) is 16.7 Å². The lowest BCUT2D eigenvalue weighted by Crippen LogP contribution is -2.48. The lowest BCUT2D eigenvalue weighted by molar-refractivity contribution is -0.0345. The smallest absolute Gasteiger partial charge is 0.339 e. The SMILES string of the molecule is O=C1OC2(CCCN(S(=O)(=O)c3cccc(-c4ccccc4)c3)C2)c2ccccc21. The number of benzene rings is 3. The highest BCUT2D eigenvalue weighted by atomic mass is 32.2. The van der Waals surface area contributed by atoms with E-state index >= 15 is 0 Å². The second kappa shape index (κ2) is 7.07. The third kappa shape index (κ3) is 3.04.